The Morgan fingerprint density at radius 1 is 1.21 bits per heavy atom. The molecule has 1 aromatic carbocycles. The van der Waals surface area contributed by atoms with Crippen molar-refractivity contribution in [3.8, 4) is 5.69 Å². The van der Waals surface area contributed by atoms with Gasteiger partial charge in [0.05, 0.1) is 23.6 Å². The van der Waals surface area contributed by atoms with Gasteiger partial charge in [-0.05, 0) is 74.6 Å². The van der Waals surface area contributed by atoms with Gasteiger partial charge in [-0.1, -0.05) is 12.1 Å². The molecule has 1 atom stereocenters. The number of pyridine rings is 1. The minimum atomic E-state index is -0.109. The first-order valence-electron chi connectivity index (χ1n) is 9.65. The van der Waals surface area contributed by atoms with E-state index in [0.717, 1.165) is 36.2 Å². The summed E-state index contributed by atoms with van der Waals surface area (Å²) in [5.74, 6) is -0.109. The van der Waals surface area contributed by atoms with E-state index in [0.29, 0.717) is 0 Å². The van der Waals surface area contributed by atoms with Crippen LogP contribution in [-0.4, -0.2) is 20.7 Å². The Balaban J connectivity index is 1.54. The predicted octanol–water partition coefficient (Wildman–Crippen LogP) is 4.09. The lowest BCUT2D eigenvalue weighted by molar-refractivity contribution is -0.117. The Morgan fingerprint density at radius 3 is 2.79 bits per heavy atom. The van der Waals surface area contributed by atoms with Crippen molar-refractivity contribution < 1.29 is 4.79 Å². The van der Waals surface area contributed by atoms with E-state index in [2.05, 4.69) is 47.4 Å². The van der Waals surface area contributed by atoms with Crippen molar-refractivity contribution in [2.45, 2.75) is 39.2 Å². The number of aromatic nitrogens is 3. The predicted molar refractivity (Wildman–Crippen MR) is 110 cm³/mol. The summed E-state index contributed by atoms with van der Waals surface area (Å²) < 4.78 is 2.03. The molecule has 1 amide bonds. The highest BCUT2D eigenvalue weighted by atomic mass is 16.1. The first kappa shape index (κ1) is 18.2. The Morgan fingerprint density at radius 2 is 2.04 bits per heavy atom. The van der Waals surface area contributed by atoms with E-state index in [1.807, 2.05) is 29.1 Å². The average molecular weight is 372 g/mol. The molecule has 2 heterocycles. The van der Waals surface area contributed by atoms with E-state index in [1.165, 1.54) is 16.8 Å². The highest BCUT2D eigenvalue weighted by Crippen LogP contribution is 2.31. The molecule has 28 heavy (non-hydrogen) atoms. The standard InChI is InChI=1S/C23H24N4O/c1-16-12-17(2)14-19(13-16)27-22-8-5-7-21(20(22)15-25-27)26-23(28)10-9-18-6-3-4-11-24-18/h3-4,6,9-15,21H,5,7-8H2,1-2H3,(H,26,28)/b10-9+/t21-/m1/s1. The van der Waals surface area contributed by atoms with E-state index in [4.69, 9.17) is 0 Å². The van der Waals surface area contributed by atoms with Crippen molar-refractivity contribution in [2.75, 3.05) is 0 Å². The zero-order valence-electron chi connectivity index (χ0n) is 16.2. The lowest BCUT2D eigenvalue weighted by Gasteiger charge is -2.24. The molecule has 5 nitrogen and oxygen atoms in total. The lowest BCUT2D eigenvalue weighted by Crippen LogP contribution is -2.29. The number of carbonyl (C=O) groups is 1. The number of amides is 1. The molecule has 0 spiro atoms. The van der Waals surface area contributed by atoms with Crippen LogP contribution in [0.3, 0.4) is 0 Å². The van der Waals surface area contributed by atoms with Crippen LogP contribution in [0.5, 0.6) is 0 Å². The zero-order chi connectivity index (χ0) is 19.5. The summed E-state index contributed by atoms with van der Waals surface area (Å²) in [6.45, 7) is 4.20. The van der Waals surface area contributed by atoms with E-state index in [1.54, 1.807) is 18.3 Å². The quantitative estimate of drug-likeness (QED) is 0.702. The molecule has 0 saturated carbocycles. The third-order valence-corrected chi connectivity index (χ3v) is 5.04. The summed E-state index contributed by atoms with van der Waals surface area (Å²) in [7, 11) is 0. The monoisotopic (exact) mass is 372 g/mol. The molecule has 0 radical (unpaired) electrons. The zero-order valence-corrected chi connectivity index (χ0v) is 16.2. The van der Waals surface area contributed by atoms with Crippen LogP contribution in [0.25, 0.3) is 11.8 Å². The topological polar surface area (TPSA) is 59.8 Å². The average Bonchev–Trinajstić information content (AvgIpc) is 3.12. The number of nitrogens with one attached hydrogen (secondary N) is 1. The van der Waals surface area contributed by atoms with E-state index in [9.17, 15) is 4.79 Å². The fourth-order valence-electron chi connectivity index (χ4n) is 3.86. The van der Waals surface area contributed by atoms with Crippen molar-refractivity contribution in [3.63, 3.8) is 0 Å². The number of nitrogens with zero attached hydrogens (tertiary/aromatic N) is 3. The van der Waals surface area contributed by atoms with Crippen LogP contribution in [0.4, 0.5) is 0 Å². The van der Waals surface area contributed by atoms with Gasteiger partial charge >= 0.3 is 0 Å². The highest BCUT2D eigenvalue weighted by Gasteiger charge is 2.25. The maximum atomic E-state index is 12.4. The summed E-state index contributed by atoms with van der Waals surface area (Å²) in [5, 5.41) is 7.76. The molecule has 0 fully saturated rings. The van der Waals surface area contributed by atoms with Crippen molar-refractivity contribution >= 4 is 12.0 Å². The molecule has 5 heteroatoms. The highest BCUT2D eigenvalue weighted by molar-refractivity contribution is 5.91. The van der Waals surface area contributed by atoms with Crippen LogP contribution in [0.15, 0.2) is 54.9 Å². The molecule has 3 aromatic rings. The first-order valence-corrected chi connectivity index (χ1v) is 9.65. The van der Waals surface area contributed by atoms with Gasteiger partial charge in [0.2, 0.25) is 5.91 Å². The van der Waals surface area contributed by atoms with Gasteiger partial charge in [-0.2, -0.15) is 5.10 Å². The first-order chi connectivity index (χ1) is 13.6. The van der Waals surface area contributed by atoms with Crippen molar-refractivity contribution in [2.24, 2.45) is 0 Å². The number of hydrogen-bond donors (Lipinski definition) is 1. The van der Waals surface area contributed by atoms with Gasteiger partial charge in [-0.25, -0.2) is 4.68 Å². The Bertz CT molecular complexity index is 1000. The summed E-state index contributed by atoms with van der Waals surface area (Å²) in [5.41, 5.74) is 6.60. The summed E-state index contributed by atoms with van der Waals surface area (Å²) in [4.78, 5) is 16.6. The molecular formula is C23H24N4O. The minimum Gasteiger partial charge on any atom is -0.346 e. The molecule has 0 bridgehead atoms. The second kappa shape index (κ2) is 7.80. The minimum absolute atomic E-state index is 0.00992. The van der Waals surface area contributed by atoms with Gasteiger partial charge in [0.15, 0.2) is 0 Å². The second-order valence-corrected chi connectivity index (χ2v) is 7.35. The Hall–Kier alpha value is -3.21. The number of benzene rings is 1. The summed E-state index contributed by atoms with van der Waals surface area (Å²) >= 11 is 0. The third-order valence-electron chi connectivity index (χ3n) is 5.04. The van der Waals surface area contributed by atoms with Crippen molar-refractivity contribution in [1.29, 1.82) is 0 Å². The molecule has 0 aliphatic heterocycles. The lowest BCUT2D eigenvalue weighted by atomic mass is 9.92. The number of carbonyl (C=O) groups excluding carboxylic acids is 1. The SMILES string of the molecule is Cc1cc(C)cc(-n2ncc3c2CCC[C@H]3NC(=O)/C=C/c2ccccn2)c1. The Labute approximate surface area is 165 Å². The maximum absolute atomic E-state index is 12.4. The second-order valence-electron chi connectivity index (χ2n) is 7.35. The van der Waals surface area contributed by atoms with E-state index >= 15 is 0 Å². The molecule has 1 aliphatic carbocycles. The fourth-order valence-corrected chi connectivity index (χ4v) is 3.86. The van der Waals surface area contributed by atoms with Gasteiger partial charge in [0.25, 0.3) is 0 Å². The van der Waals surface area contributed by atoms with E-state index in [-0.39, 0.29) is 11.9 Å². The van der Waals surface area contributed by atoms with Gasteiger partial charge < -0.3 is 5.32 Å². The van der Waals surface area contributed by atoms with E-state index < -0.39 is 0 Å². The largest absolute Gasteiger partial charge is 0.346 e. The van der Waals surface area contributed by atoms with Crippen molar-refractivity contribution in [1.82, 2.24) is 20.1 Å². The van der Waals surface area contributed by atoms with Crippen LogP contribution in [0.2, 0.25) is 0 Å². The number of fused-ring (bicyclic) bond motifs is 1. The molecule has 0 unspecified atom stereocenters. The normalized spacial score (nSPS) is 16.1. The summed E-state index contributed by atoms with van der Waals surface area (Å²) in [6, 6.07) is 12.1. The van der Waals surface area contributed by atoms with Gasteiger partial charge in [0.1, 0.15) is 0 Å². The van der Waals surface area contributed by atoms with Gasteiger partial charge in [0, 0.05) is 23.5 Å². The van der Waals surface area contributed by atoms with Gasteiger partial charge in [-0.15, -0.1) is 0 Å². The molecule has 1 aliphatic rings. The molecular weight excluding hydrogens is 348 g/mol. The van der Waals surface area contributed by atoms with Crippen LogP contribution in [-0.2, 0) is 11.2 Å². The molecule has 2 aromatic heterocycles. The smallest absolute Gasteiger partial charge is 0.244 e. The number of rotatable bonds is 4. The van der Waals surface area contributed by atoms with Crippen LogP contribution in [0, 0.1) is 13.8 Å². The molecule has 0 saturated heterocycles. The molecule has 1 N–H and O–H groups in total. The van der Waals surface area contributed by atoms with Gasteiger partial charge in [-0.3, -0.25) is 9.78 Å². The van der Waals surface area contributed by atoms with Crippen LogP contribution >= 0.6 is 0 Å². The molecule has 4 rings (SSSR count). The van der Waals surface area contributed by atoms with Crippen LogP contribution < -0.4 is 5.32 Å². The fraction of sp³-hybridized carbons (Fsp3) is 0.261. The third kappa shape index (κ3) is 3.88. The number of aryl methyl sites for hydroxylation is 2. The summed E-state index contributed by atoms with van der Waals surface area (Å²) in [6.07, 6.45) is 9.82. The molecule has 142 valence electrons. The van der Waals surface area contributed by atoms with Crippen LogP contribution in [0.1, 0.15) is 47.0 Å². The Kier molecular flexibility index (Phi) is 5.06. The van der Waals surface area contributed by atoms with Crippen molar-refractivity contribution in [3.05, 3.63) is 82.9 Å². The number of hydrogen-bond acceptors (Lipinski definition) is 3. The maximum Gasteiger partial charge on any atom is 0.244 e.